The summed E-state index contributed by atoms with van der Waals surface area (Å²) in [6.07, 6.45) is 2.15. The Morgan fingerprint density at radius 1 is 1.35 bits per heavy atom. The molecule has 1 aromatic rings. The van der Waals surface area contributed by atoms with Crippen LogP contribution >= 0.6 is 0 Å². The van der Waals surface area contributed by atoms with Crippen LogP contribution in [0.5, 0.6) is 11.5 Å². The van der Waals surface area contributed by atoms with Crippen molar-refractivity contribution in [3.8, 4) is 11.5 Å². The second-order valence-electron chi connectivity index (χ2n) is 5.36. The molecule has 4 nitrogen and oxygen atoms in total. The van der Waals surface area contributed by atoms with E-state index in [9.17, 15) is 0 Å². The monoisotopic (exact) mass is 279 g/mol. The summed E-state index contributed by atoms with van der Waals surface area (Å²) >= 11 is 0. The quantitative estimate of drug-likeness (QED) is 0.869. The number of methoxy groups -OCH3 is 2. The lowest BCUT2D eigenvalue weighted by atomic mass is 9.87. The number of ether oxygens (including phenoxy) is 3. The molecule has 1 aliphatic rings. The van der Waals surface area contributed by atoms with Gasteiger partial charge in [-0.25, -0.2) is 0 Å². The van der Waals surface area contributed by atoms with Crippen LogP contribution in [0.1, 0.15) is 38.3 Å². The highest BCUT2D eigenvalue weighted by Crippen LogP contribution is 2.41. The maximum absolute atomic E-state index is 6.02. The van der Waals surface area contributed by atoms with Crippen LogP contribution in [-0.2, 0) is 4.74 Å². The van der Waals surface area contributed by atoms with Crippen LogP contribution in [0.2, 0.25) is 0 Å². The van der Waals surface area contributed by atoms with Crippen LogP contribution in [0.15, 0.2) is 18.2 Å². The van der Waals surface area contributed by atoms with Gasteiger partial charge in [0.05, 0.1) is 25.9 Å². The molecule has 112 valence electrons. The predicted octanol–water partition coefficient (Wildman–Crippen LogP) is 2.92. The maximum atomic E-state index is 6.02. The van der Waals surface area contributed by atoms with E-state index >= 15 is 0 Å². The van der Waals surface area contributed by atoms with Crippen molar-refractivity contribution in [2.24, 2.45) is 0 Å². The summed E-state index contributed by atoms with van der Waals surface area (Å²) in [6, 6.07) is 6.01. The van der Waals surface area contributed by atoms with Gasteiger partial charge in [0, 0.05) is 12.2 Å². The molecule has 1 aromatic carbocycles. The van der Waals surface area contributed by atoms with Crippen LogP contribution in [0.4, 0.5) is 0 Å². The molecule has 4 heteroatoms. The second kappa shape index (κ2) is 6.46. The van der Waals surface area contributed by atoms with E-state index in [2.05, 4.69) is 19.2 Å². The lowest BCUT2D eigenvalue weighted by Gasteiger charge is -2.35. The molecule has 0 bridgehead atoms. The first-order valence-electron chi connectivity index (χ1n) is 7.24. The molecule has 1 aliphatic heterocycles. The summed E-state index contributed by atoms with van der Waals surface area (Å²) in [5.74, 6) is 1.71. The van der Waals surface area contributed by atoms with Gasteiger partial charge in [0.15, 0.2) is 0 Å². The Kier molecular flexibility index (Phi) is 4.89. The van der Waals surface area contributed by atoms with Gasteiger partial charge < -0.3 is 19.5 Å². The predicted molar refractivity (Wildman–Crippen MR) is 79.6 cm³/mol. The van der Waals surface area contributed by atoms with Gasteiger partial charge in [0.25, 0.3) is 0 Å². The summed E-state index contributed by atoms with van der Waals surface area (Å²) < 4.78 is 16.9. The standard InChI is InChI=1S/C16H25NO3/c1-5-17-15(16(2)9-6-10-20-16)13-11-12(18-3)7-8-14(13)19-4/h7-8,11,15,17H,5-6,9-10H2,1-4H3. The van der Waals surface area contributed by atoms with Crippen LogP contribution in [-0.4, -0.2) is 33.0 Å². The first kappa shape index (κ1) is 15.1. The zero-order chi connectivity index (χ0) is 14.6. The molecule has 0 aromatic heterocycles. The molecule has 0 saturated carbocycles. The van der Waals surface area contributed by atoms with Crippen LogP contribution < -0.4 is 14.8 Å². The summed E-state index contributed by atoms with van der Waals surface area (Å²) in [7, 11) is 3.38. The molecule has 2 atom stereocenters. The van der Waals surface area contributed by atoms with E-state index in [0.717, 1.165) is 43.1 Å². The van der Waals surface area contributed by atoms with Crippen molar-refractivity contribution < 1.29 is 14.2 Å². The minimum Gasteiger partial charge on any atom is -0.497 e. The molecular formula is C16H25NO3. The summed E-state index contributed by atoms with van der Waals surface area (Å²) in [5.41, 5.74) is 0.897. The minimum atomic E-state index is -0.199. The van der Waals surface area contributed by atoms with Gasteiger partial charge in [-0.15, -0.1) is 0 Å². The Morgan fingerprint density at radius 2 is 2.15 bits per heavy atom. The van der Waals surface area contributed by atoms with Crippen molar-refractivity contribution >= 4 is 0 Å². The molecule has 0 amide bonds. The van der Waals surface area contributed by atoms with Crippen LogP contribution in [0, 0.1) is 0 Å². The zero-order valence-electron chi connectivity index (χ0n) is 12.9. The molecular weight excluding hydrogens is 254 g/mol. The highest BCUT2D eigenvalue weighted by Gasteiger charge is 2.40. The number of hydrogen-bond acceptors (Lipinski definition) is 4. The van der Waals surface area contributed by atoms with Gasteiger partial charge in [0.2, 0.25) is 0 Å². The number of nitrogens with one attached hydrogen (secondary N) is 1. The summed E-state index contributed by atoms with van der Waals surface area (Å²) in [4.78, 5) is 0. The summed E-state index contributed by atoms with van der Waals surface area (Å²) in [6.45, 7) is 5.98. The average molecular weight is 279 g/mol. The Morgan fingerprint density at radius 3 is 2.70 bits per heavy atom. The van der Waals surface area contributed by atoms with E-state index in [1.165, 1.54) is 0 Å². The molecule has 1 heterocycles. The fourth-order valence-corrected chi connectivity index (χ4v) is 2.95. The second-order valence-corrected chi connectivity index (χ2v) is 5.36. The summed E-state index contributed by atoms with van der Waals surface area (Å²) in [5, 5.41) is 3.55. The maximum Gasteiger partial charge on any atom is 0.124 e. The SMILES string of the molecule is CCNC(c1cc(OC)ccc1OC)C1(C)CCCO1. The third-order valence-corrected chi connectivity index (χ3v) is 4.02. The third-order valence-electron chi connectivity index (χ3n) is 4.02. The Hall–Kier alpha value is -1.26. The van der Waals surface area contributed by atoms with Gasteiger partial charge in [-0.3, -0.25) is 0 Å². The van der Waals surface area contributed by atoms with Crippen molar-refractivity contribution in [2.45, 2.75) is 38.3 Å². The number of hydrogen-bond donors (Lipinski definition) is 1. The number of likely N-dealkylation sites (N-methyl/N-ethyl adjacent to an activating group) is 1. The van der Waals surface area contributed by atoms with Gasteiger partial charge in [-0.1, -0.05) is 6.92 Å². The molecule has 1 N–H and O–H groups in total. The molecule has 2 unspecified atom stereocenters. The highest BCUT2D eigenvalue weighted by molar-refractivity contribution is 5.43. The van der Waals surface area contributed by atoms with E-state index in [1.807, 2.05) is 18.2 Å². The van der Waals surface area contributed by atoms with Crippen LogP contribution in [0.25, 0.3) is 0 Å². The van der Waals surface area contributed by atoms with E-state index in [0.29, 0.717) is 0 Å². The first-order chi connectivity index (χ1) is 9.64. The van der Waals surface area contributed by atoms with Crippen molar-refractivity contribution in [3.05, 3.63) is 23.8 Å². The highest BCUT2D eigenvalue weighted by atomic mass is 16.5. The molecule has 2 rings (SSSR count). The van der Waals surface area contributed by atoms with Gasteiger partial charge in [-0.05, 0) is 44.5 Å². The van der Waals surface area contributed by atoms with Gasteiger partial charge in [-0.2, -0.15) is 0 Å². The van der Waals surface area contributed by atoms with E-state index in [4.69, 9.17) is 14.2 Å². The lowest BCUT2D eigenvalue weighted by molar-refractivity contribution is -0.0127. The Bertz CT molecular complexity index is 441. The topological polar surface area (TPSA) is 39.7 Å². The zero-order valence-corrected chi connectivity index (χ0v) is 12.9. The lowest BCUT2D eigenvalue weighted by Crippen LogP contribution is -2.41. The molecule has 20 heavy (non-hydrogen) atoms. The fraction of sp³-hybridized carbons (Fsp3) is 0.625. The molecule has 0 aliphatic carbocycles. The molecule has 1 fully saturated rings. The van der Waals surface area contributed by atoms with E-state index < -0.39 is 0 Å². The molecule has 1 saturated heterocycles. The van der Waals surface area contributed by atoms with Gasteiger partial charge in [0.1, 0.15) is 11.5 Å². The Balaban J connectivity index is 2.42. The number of benzene rings is 1. The van der Waals surface area contributed by atoms with Crippen molar-refractivity contribution in [1.82, 2.24) is 5.32 Å². The fourth-order valence-electron chi connectivity index (χ4n) is 2.95. The Labute approximate surface area is 121 Å². The largest absolute Gasteiger partial charge is 0.497 e. The smallest absolute Gasteiger partial charge is 0.124 e. The van der Waals surface area contributed by atoms with Crippen molar-refractivity contribution in [2.75, 3.05) is 27.4 Å². The average Bonchev–Trinajstić information content (AvgIpc) is 2.91. The van der Waals surface area contributed by atoms with Crippen molar-refractivity contribution in [3.63, 3.8) is 0 Å². The first-order valence-corrected chi connectivity index (χ1v) is 7.24. The van der Waals surface area contributed by atoms with Crippen molar-refractivity contribution in [1.29, 1.82) is 0 Å². The van der Waals surface area contributed by atoms with E-state index in [-0.39, 0.29) is 11.6 Å². The van der Waals surface area contributed by atoms with E-state index in [1.54, 1.807) is 14.2 Å². The minimum absolute atomic E-state index is 0.0973. The van der Waals surface area contributed by atoms with Gasteiger partial charge >= 0.3 is 0 Å². The molecule has 0 spiro atoms. The normalized spacial score (nSPS) is 23.6. The van der Waals surface area contributed by atoms with Crippen LogP contribution in [0.3, 0.4) is 0 Å². The number of rotatable bonds is 6. The molecule has 0 radical (unpaired) electrons. The third kappa shape index (κ3) is 2.91.